The van der Waals surface area contributed by atoms with E-state index in [0.717, 1.165) is 0 Å². The Labute approximate surface area is 166 Å². The van der Waals surface area contributed by atoms with Crippen molar-refractivity contribution in [3.63, 3.8) is 0 Å². The molecule has 0 spiro atoms. The molecular formula is C18H15B2ClN4O3. The van der Waals surface area contributed by atoms with E-state index in [1.54, 1.807) is 36.5 Å². The topological polar surface area (TPSA) is 118 Å². The molecule has 0 saturated carbocycles. The van der Waals surface area contributed by atoms with Gasteiger partial charge in [-0.1, -0.05) is 11.6 Å². The number of ether oxygens (including phenoxy) is 1. The van der Waals surface area contributed by atoms with Crippen LogP contribution in [0.4, 0.5) is 0 Å². The number of aromatic nitrogens is 3. The zero-order valence-corrected chi connectivity index (χ0v) is 15.9. The number of benzene rings is 2. The van der Waals surface area contributed by atoms with Gasteiger partial charge < -0.3 is 24.9 Å². The third kappa shape index (κ3) is 3.22. The molecule has 4 N–H and O–H groups in total. The summed E-state index contributed by atoms with van der Waals surface area (Å²) in [5.41, 5.74) is 1.32. The molecular weight excluding hydrogens is 377 g/mol. The van der Waals surface area contributed by atoms with Gasteiger partial charge in [0.25, 0.3) is 0 Å². The van der Waals surface area contributed by atoms with Gasteiger partial charge in [0, 0.05) is 23.2 Å². The summed E-state index contributed by atoms with van der Waals surface area (Å²) >= 11 is 6.32. The second-order valence-electron chi connectivity index (χ2n) is 6.95. The van der Waals surface area contributed by atoms with Crippen LogP contribution in [0.2, 0.25) is 5.02 Å². The van der Waals surface area contributed by atoms with Crippen LogP contribution in [-0.2, 0) is 0 Å². The molecule has 28 heavy (non-hydrogen) atoms. The van der Waals surface area contributed by atoms with Crippen molar-refractivity contribution in [1.82, 2.24) is 15.0 Å². The molecule has 2 aromatic carbocycles. The molecule has 4 aromatic rings. The molecule has 2 heterocycles. The maximum absolute atomic E-state index is 11.1. The van der Waals surface area contributed by atoms with Crippen LogP contribution in [0.1, 0.15) is 23.1 Å². The van der Waals surface area contributed by atoms with E-state index in [2.05, 4.69) is 21.0 Å². The van der Waals surface area contributed by atoms with Crippen molar-refractivity contribution in [2.75, 3.05) is 0 Å². The van der Waals surface area contributed by atoms with Crippen molar-refractivity contribution in [2.45, 2.75) is 11.7 Å². The van der Waals surface area contributed by atoms with E-state index in [0.29, 0.717) is 38.1 Å². The molecule has 2 aromatic heterocycles. The van der Waals surface area contributed by atoms with Gasteiger partial charge in [0.1, 0.15) is 23.3 Å². The molecule has 0 bridgehead atoms. The monoisotopic (exact) mass is 392 g/mol. The summed E-state index contributed by atoms with van der Waals surface area (Å²) in [5.74, 6) is 0.533. The Kier molecular flexibility index (Phi) is 4.35. The Morgan fingerprint density at radius 1 is 1.29 bits per heavy atom. The van der Waals surface area contributed by atoms with Gasteiger partial charge in [-0.25, -0.2) is 4.98 Å². The van der Waals surface area contributed by atoms with E-state index >= 15 is 0 Å². The third-order valence-electron chi connectivity index (χ3n) is 4.32. The molecule has 7 nitrogen and oxygen atoms in total. The van der Waals surface area contributed by atoms with E-state index in [9.17, 15) is 10.2 Å². The molecule has 0 aliphatic heterocycles. The fraction of sp³-hybridized carbons (Fsp3) is 0.111. The Balaban J connectivity index is 1.89. The molecule has 0 aliphatic rings. The molecule has 0 amide bonds. The van der Waals surface area contributed by atoms with Crippen LogP contribution in [0.25, 0.3) is 21.9 Å². The first-order chi connectivity index (χ1) is 13.3. The van der Waals surface area contributed by atoms with Gasteiger partial charge in [0.2, 0.25) is 0 Å². The number of H-pyrrole nitrogens is 2. The first kappa shape index (κ1) is 18.4. The van der Waals surface area contributed by atoms with Crippen LogP contribution >= 0.6 is 11.6 Å². The molecule has 0 fully saturated rings. The third-order valence-corrected chi connectivity index (χ3v) is 4.62. The van der Waals surface area contributed by atoms with Gasteiger partial charge in [-0.2, -0.15) is 5.26 Å². The first-order valence-electron chi connectivity index (χ1n) is 8.55. The maximum Gasteiger partial charge on any atom is 0.181 e. The highest BCUT2D eigenvalue weighted by molar-refractivity contribution is 6.38. The summed E-state index contributed by atoms with van der Waals surface area (Å²) in [6, 6.07) is 10.4. The van der Waals surface area contributed by atoms with Gasteiger partial charge in [-0.05, 0) is 24.3 Å². The average molecular weight is 392 g/mol. The second kappa shape index (κ2) is 6.60. The van der Waals surface area contributed by atoms with Gasteiger partial charge in [-0.3, -0.25) is 0 Å². The predicted molar refractivity (Wildman–Crippen MR) is 111 cm³/mol. The molecule has 0 aliphatic carbocycles. The Hall–Kier alpha value is -2.92. The van der Waals surface area contributed by atoms with Crippen LogP contribution in [0.15, 0.2) is 36.5 Å². The number of imidazole rings is 1. The zero-order chi connectivity index (χ0) is 20.1. The predicted octanol–water partition coefficient (Wildman–Crippen LogP) is 0.900. The number of aliphatic hydroxyl groups is 2. The molecule has 0 saturated heterocycles. The average Bonchev–Trinajstić information content (AvgIpc) is 3.26. The molecule has 10 heteroatoms. The van der Waals surface area contributed by atoms with E-state index in [1.807, 2.05) is 0 Å². The zero-order valence-electron chi connectivity index (χ0n) is 15.1. The minimum absolute atomic E-state index is 0.246. The van der Waals surface area contributed by atoms with Crippen LogP contribution in [0, 0.1) is 11.3 Å². The lowest BCUT2D eigenvalue weighted by atomic mass is 9.76. The summed E-state index contributed by atoms with van der Waals surface area (Å²) in [4.78, 5) is 10.5. The van der Waals surface area contributed by atoms with Crippen molar-refractivity contribution in [1.29, 1.82) is 5.26 Å². The van der Waals surface area contributed by atoms with Gasteiger partial charge in [0.05, 0.1) is 33.2 Å². The lowest BCUT2D eigenvalue weighted by Gasteiger charge is -2.24. The lowest BCUT2D eigenvalue weighted by Crippen LogP contribution is -2.37. The van der Waals surface area contributed by atoms with Crippen LogP contribution in [0.5, 0.6) is 5.75 Å². The number of hydrogen-bond donors (Lipinski definition) is 4. The Bertz CT molecular complexity index is 1240. The lowest BCUT2D eigenvalue weighted by molar-refractivity contribution is 0.0108. The Morgan fingerprint density at radius 3 is 2.79 bits per heavy atom. The van der Waals surface area contributed by atoms with E-state index in [4.69, 9.17) is 21.6 Å². The summed E-state index contributed by atoms with van der Waals surface area (Å²) in [7, 11) is 2.98. The number of nitrogens with one attached hydrogen (secondary N) is 2. The van der Waals surface area contributed by atoms with Crippen molar-refractivity contribution in [2.24, 2.45) is 0 Å². The normalized spacial score (nSPS) is 12.9. The minimum atomic E-state index is -1.47. The fourth-order valence-corrected chi connectivity index (χ4v) is 3.44. The van der Waals surface area contributed by atoms with Crippen molar-refractivity contribution >= 4 is 49.2 Å². The highest BCUT2D eigenvalue weighted by Gasteiger charge is 2.27. The molecule has 0 radical (unpaired) electrons. The number of halogens is 1. The maximum atomic E-state index is 11.1. The Morgan fingerprint density at radius 2 is 2.07 bits per heavy atom. The second-order valence-corrected chi connectivity index (χ2v) is 7.36. The van der Waals surface area contributed by atoms with Crippen molar-refractivity contribution < 1.29 is 14.9 Å². The van der Waals surface area contributed by atoms with Crippen LogP contribution < -0.4 is 4.74 Å². The number of hydrogen-bond acceptors (Lipinski definition) is 5. The number of aliphatic hydroxyl groups excluding tert-OH is 1. The number of aromatic amines is 2. The SMILES string of the molecule is BC(B)(O)Oc1cc(Cl)c2[nH]ccc2c1C(O)c1nc2cc(C#N)ccc2[nH]1. The summed E-state index contributed by atoms with van der Waals surface area (Å²) in [6.07, 6.45) is 0.532. The van der Waals surface area contributed by atoms with Gasteiger partial charge in [0.15, 0.2) is 15.7 Å². The number of fused-ring (bicyclic) bond motifs is 2. The first-order valence-corrected chi connectivity index (χ1v) is 8.93. The number of nitrogens with zero attached hydrogens (tertiary/aromatic N) is 2. The van der Waals surface area contributed by atoms with Crippen molar-refractivity contribution in [3.8, 4) is 11.8 Å². The fourth-order valence-electron chi connectivity index (χ4n) is 3.19. The van der Waals surface area contributed by atoms with Crippen LogP contribution in [-0.4, -0.2) is 46.4 Å². The summed E-state index contributed by atoms with van der Waals surface area (Å²) < 4.78 is 5.66. The van der Waals surface area contributed by atoms with Crippen molar-refractivity contribution in [3.05, 3.63) is 58.5 Å². The number of rotatable bonds is 4. The molecule has 138 valence electrons. The highest BCUT2D eigenvalue weighted by Crippen LogP contribution is 2.40. The smallest absolute Gasteiger partial charge is 0.181 e. The minimum Gasteiger partial charge on any atom is -0.480 e. The quantitative estimate of drug-likeness (QED) is 0.304. The highest BCUT2D eigenvalue weighted by atomic mass is 35.5. The van der Waals surface area contributed by atoms with E-state index < -0.39 is 11.7 Å². The van der Waals surface area contributed by atoms with Gasteiger partial charge in [-0.15, -0.1) is 0 Å². The van der Waals surface area contributed by atoms with Crippen LogP contribution in [0.3, 0.4) is 0 Å². The summed E-state index contributed by atoms with van der Waals surface area (Å²) in [5, 5.41) is 31.4. The molecule has 1 atom stereocenters. The number of nitriles is 1. The largest absolute Gasteiger partial charge is 0.480 e. The molecule has 1 unspecified atom stereocenters. The van der Waals surface area contributed by atoms with Gasteiger partial charge >= 0.3 is 0 Å². The van der Waals surface area contributed by atoms with E-state index in [1.165, 1.54) is 15.7 Å². The standard InChI is InChI=1S/C18H15B2ClN4O3/c19-18(20,27)28-13-6-10(21)15-9(3-4-23-15)14(13)16(26)17-24-11-2-1-8(7-22)5-12(11)25-17/h1-6,16,23,26-27H,19-20H2,(H,24,25). The summed E-state index contributed by atoms with van der Waals surface area (Å²) in [6.45, 7) is 0. The van der Waals surface area contributed by atoms with E-state index in [-0.39, 0.29) is 11.6 Å². The molecule has 4 rings (SSSR count).